The van der Waals surface area contributed by atoms with Crippen LogP contribution in [0.3, 0.4) is 0 Å². The summed E-state index contributed by atoms with van der Waals surface area (Å²) in [5, 5.41) is 8.84. The van der Waals surface area contributed by atoms with Crippen LogP contribution in [0.2, 0.25) is 0 Å². The van der Waals surface area contributed by atoms with Gasteiger partial charge in [-0.05, 0) is 50.2 Å². The minimum atomic E-state index is 0.162. The van der Waals surface area contributed by atoms with Crippen molar-refractivity contribution in [3.8, 4) is 0 Å². The van der Waals surface area contributed by atoms with Crippen LogP contribution in [0.5, 0.6) is 0 Å². The quantitative estimate of drug-likeness (QED) is 0.692. The molecule has 13 heavy (non-hydrogen) atoms. The summed E-state index contributed by atoms with van der Waals surface area (Å²) in [6, 6.07) is 0. The van der Waals surface area contributed by atoms with Crippen molar-refractivity contribution in [2.24, 2.45) is 5.92 Å². The summed E-state index contributed by atoms with van der Waals surface area (Å²) in [5.74, 6) is 0.677. The zero-order chi connectivity index (χ0) is 9.84. The van der Waals surface area contributed by atoms with Crippen molar-refractivity contribution in [2.45, 2.75) is 40.0 Å². The number of hydrogen-bond acceptors (Lipinski definition) is 1. The van der Waals surface area contributed by atoms with E-state index in [0.717, 1.165) is 0 Å². The molecule has 74 valence electrons. The van der Waals surface area contributed by atoms with Gasteiger partial charge < -0.3 is 5.11 Å². The molecule has 0 saturated carbocycles. The second-order valence-electron chi connectivity index (χ2n) is 4.06. The monoisotopic (exact) mass is 180 g/mol. The van der Waals surface area contributed by atoms with E-state index in [1.54, 1.807) is 0 Å². The Hall–Kier alpha value is -0.560. The molecule has 0 saturated heterocycles. The predicted octanol–water partition coefficient (Wildman–Crippen LogP) is 3.06. The van der Waals surface area contributed by atoms with Crippen molar-refractivity contribution < 1.29 is 5.11 Å². The maximum atomic E-state index is 8.84. The molecule has 0 radical (unpaired) electrons. The highest BCUT2D eigenvalue weighted by atomic mass is 16.2. The van der Waals surface area contributed by atoms with E-state index in [0.29, 0.717) is 5.92 Å². The van der Waals surface area contributed by atoms with Crippen LogP contribution in [0.4, 0.5) is 0 Å². The zero-order valence-corrected chi connectivity index (χ0v) is 8.93. The van der Waals surface area contributed by atoms with Crippen LogP contribution in [-0.2, 0) is 0 Å². The number of aliphatic hydroxyl groups excluding tert-OH is 1. The largest absolute Gasteiger partial charge is 0.392 e. The van der Waals surface area contributed by atoms with Crippen molar-refractivity contribution in [1.29, 1.82) is 0 Å². The minimum Gasteiger partial charge on any atom is -0.392 e. The Morgan fingerprint density at radius 2 is 2.31 bits per heavy atom. The van der Waals surface area contributed by atoms with E-state index in [9.17, 15) is 0 Å². The normalized spacial score (nSPS) is 25.2. The predicted molar refractivity (Wildman–Crippen MR) is 56.6 cm³/mol. The van der Waals surface area contributed by atoms with E-state index < -0.39 is 0 Å². The SMILES string of the molecule is CC1=C(/C(C)=C\CO)C(C)CCC1. The number of rotatable bonds is 2. The molecule has 1 N–H and O–H groups in total. The van der Waals surface area contributed by atoms with Crippen molar-refractivity contribution in [3.63, 3.8) is 0 Å². The first-order valence-corrected chi connectivity index (χ1v) is 5.14. The summed E-state index contributed by atoms with van der Waals surface area (Å²) in [5.41, 5.74) is 4.27. The number of hydrogen-bond donors (Lipinski definition) is 1. The standard InChI is InChI=1S/C12H20O/c1-9-5-4-6-10(2)12(9)11(3)7-8-13/h7,9,13H,4-6,8H2,1-3H3/b11-7-. The lowest BCUT2D eigenvalue weighted by Crippen LogP contribution is -2.09. The van der Waals surface area contributed by atoms with Crippen molar-refractivity contribution in [3.05, 3.63) is 22.8 Å². The summed E-state index contributed by atoms with van der Waals surface area (Å²) < 4.78 is 0. The molecule has 0 spiro atoms. The van der Waals surface area contributed by atoms with Gasteiger partial charge in [-0.15, -0.1) is 0 Å². The molecular weight excluding hydrogens is 160 g/mol. The van der Waals surface area contributed by atoms with E-state index in [2.05, 4.69) is 20.8 Å². The number of aliphatic hydroxyl groups is 1. The highest BCUT2D eigenvalue weighted by molar-refractivity contribution is 5.36. The fourth-order valence-corrected chi connectivity index (χ4v) is 2.35. The minimum absolute atomic E-state index is 0.162. The molecule has 1 heteroatoms. The van der Waals surface area contributed by atoms with Gasteiger partial charge in [0.25, 0.3) is 0 Å². The Morgan fingerprint density at radius 3 is 2.85 bits per heavy atom. The lowest BCUT2D eigenvalue weighted by Gasteiger charge is -2.25. The van der Waals surface area contributed by atoms with E-state index in [4.69, 9.17) is 5.11 Å². The second-order valence-corrected chi connectivity index (χ2v) is 4.06. The summed E-state index contributed by atoms with van der Waals surface area (Å²) in [6.07, 6.45) is 5.77. The molecule has 0 bridgehead atoms. The summed E-state index contributed by atoms with van der Waals surface area (Å²) >= 11 is 0. The van der Waals surface area contributed by atoms with Crippen LogP contribution < -0.4 is 0 Å². The third-order valence-electron chi connectivity index (χ3n) is 2.96. The Balaban J connectivity index is 2.91. The molecule has 0 heterocycles. The average Bonchev–Trinajstić information content (AvgIpc) is 2.04. The maximum Gasteiger partial charge on any atom is 0.0618 e. The molecule has 1 atom stereocenters. The molecule has 1 aliphatic carbocycles. The van der Waals surface area contributed by atoms with Gasteiger partial charge in [0.1, 0.15) is 0 Å². The van der Waals surface area contributed by atoms with Crippen LogP contribution in [0.15, 0.2) is 22.8 Å². The highest BCUT2D eigenvalue weighted by Gasteiger charge is 2.17. The molecule has 0 aliphatic heterocycles. The molecule has 0 aromatic carbocycles. The topological polar surface area (TPSA) is 20.2 Å². The Bertz CT molecular complexity index is 236. The molecule has 0 aromatic heterocycles. The summed E-state index contributed by atoms with van der Waals surface area (Å²) in [4.78, 5) is 0. The molecule has 1 rings (SSSR count). The fourth-order valence-electron chi connectivity index (χ4n) is 2.35. The van der Waals surface area contributed by atoms with E-state index in [-0.39, 0.29) is 6.61 Å². The molecule has 1 nitrogen and oxygen atoms in total. The average molecular weight is 180 g/mol. The summed E-state index contributed by atoms with van der Waals surface area (Å²) in [7, 11) is 0. The van der Waals surface area contributed by atoms with Gasteiger partial charge in [-0.25, -0.2) is 0 Å². The van der Waals surface area contributed by atoms with Gasteiger partial charge in [0.15, 0.2) is 0 Å². The first kappa shape index (κ1) is 10.5. The zero-order valence-electron chi connectivity index (χ0n) is 8.93. The third-order valence-corrected chi connectivity index (χ3v) is 2.96. The third kappa shape index (κ3) is 2.44. The van der Waals surface area contributed by atoms with E-state index in [1.165, 1.54) is 36.0 Å². The smallest absolute Gasteiger partial charge is 0.0618 e. The van der Waals surface area contributed by atoms with Crippen molar-refractivity contribution in [1.82, 2.24) is 0 Å². The van der Waals surface area contributed by atoms with Crippen LogP contribution in [0, 0.1) is 5.92 Å². The lowest BCUT2D eigenvalue weighted by molar-refractivity contribution is 0.341. The first-order chi connectivity index (χ1) is 6.16. The summed E-state index contributed by atoms with van der Waals surface area (Å²) in [6.45, 7) is 6.78. The van der Waals surface area contributed by atoms with Gasteiger partial charge in [-0.2, -0.15) is 0 Å². The first-order valence-electron chi connectivity index (χ1n) is 5.14. The fraction of sp³-hybridized carbons (Fsp3) is 0.667. The van der Waals surface area contributed by atoms with E-state index in [1.807, 2.05) is 6.08 Å². The van der Waals surface area contributed by atoms with Crippen LogP contribution in [-0.4, -0.2) is 11.7 Å². The molecule has 1 aliphatic rings. The van der Waals surface area contributed by atoms with Gasteiger partial charge >= 0.3 is 0 Å². The van der Waals surface area contributed by atoms with Crippen LogP contribution >= 0.6 is 0 Å². The van der Waals surface area contributed by atoms with Crippen LogP contribution in [0.1, 0.15) is 40.0 Å². The molecule has 1 unspecified atom stereocenters. The van der Waals surface area contributed by atoms with Gasteiger partial charge in [-0.3, -0.25) is 0 Å². The molecule has 0 fully saturated rings. The highest BCUT2D eigenvalue weighted by Crippen LogP contribution is 2.33. The van der Waals surface area contributed by atoms with Gasteiger partial charge in [0.2, 0.25) is 0 Å². The van der Waals surface area contributed by atoms with Gasteiger partial charge in [0.05, 0.1) is 6.61 Å². The van der Waals surface area contributed by atoms with Gasteiger partial charge in [0, 0.05) is 0 Å². The number of allylic oxidation sites excluding steroid dienone is 3. The second kappa shape index (κ2) is 4.61. The van der Waals surface area contributed by atoms with E-state index >= 15 is 0 Å². The van der Waals surface area contributed by atoms with Gasteiger partial charge in [-0.1, -0.05) is 18.6 Å². The molecule has 0 aromatic rings. The van der Waals surface area contributed by atoms with Crippen molar-refractivity contribution in [2.75, 3.05) is 6.61 Å². The maximum absolute atomic E-state index is 8.84. The lowest BCUT2D eigenvalue weighted by atomic mass is 9.81. The Kier molecular flexibility index (Phi) is 3.73. The molecular formula is C12H20O. The Morgan fingerprint density at radius 1 is 1.62 bits per heavy atom. The molecule has 0 amide bonds. The Labute approximate surface area is 81.2 Å². The van der Waals surface area contributed by atoms with Crippen LogP contribution in [0.25, 0.3) is 0 Å². The van der Waals surface area contributed by atoms with Crippen molar-refractivity contribution >= 4 is 0 Å².